The molecule has 14 heavy (non-hydrogen) atoms. The Kier molecular flexibility index (Phi) is 2.55. The lowest BCUT2D eigenvalue weighted by Crippen LogP contribution is -1.97. The first-order chi connectivity index (χ1) is 6.85. The van der Waals surface area contributed by atoms with Crippen LogP contribution in [0.2, 0.25) is 0 Å². The fraction of sp³-hybridized carbons (Fsp3) is 0.375. The molecule has 0 aliphatic rings. The molecule has 0 aliphatic heterocycles. The summed E-state index contributed by atoms with van der Waals surface area (Å²) in [4.78, 5) is 4.22. The molecule has 0 radical (unpaired) electrons. The zero-order chi connectivity index (χ0) is 9.97. The van der Waals surface area contributed by atoms with E-state index in [2.05, 4.69) is 22.1 Å². The highest BCUT2D eigenvalue weighted by Gasteiger charge is 2.07. The SMILES string of the molecule is CCc1nccn1-c1nnc(CN)s1. The van der Waals surface area contributed by atoms with Gasteiger partial charge in [-0.2, -0.15) is 0 Å². The third-order valence-electron chi connectivity index (χ3n) is 1.87. The van der Waals surface area contributed by atoms with Crippen LogP contribution >= 0.6 is 11.3 Å². The average molecular weight is 209 g/mol. The van der Waals surface area contributed by atoms with Crippen LogP contribution in [0.25, 0.3) is 5.13 Å². The molecule has 0 spiro atoms. The number of hydrogen-bond donors (Lipinski definition) is 1. The van der Waals surface area contributed by atoms with Gasteiger partial charge in [0, 0.05) is 25.4 Å². The predicted molar refractivity (Wildman–Crippen MR) is 54.3 cm³/mol. The molecule has 0 amide bonds. The maximum atomic E-state index is 5.47. The normalized spacial score (nSPS) is 10.7. The van der Waals surface area contributed by atoms with Crippen molar-refractivity contribution in [3.8, 4) is 5.13 Å². The van der Waals surface area contributed by atoms with E-state index < -0.39 is 0 Å². The molecule has 2 aromatic heterocycles. The molecule has 0 saturated heterocycles. The molecule has 2 rings (SSSR count). The van der Waals surface area contributed by atoms with Crippen molar-refractivity contribution < 1.29 is 0 Å². The highest BCUT2D eigenvalue weighted by molar-refractivity contribution is 7.13. The second-order valence-electron chi connectivity index (χ2n) is 2.75. The summed E-state index contributed by atoms with van der Waals surface area (Å²) in [7, 11) is 0. The summed E-state index contributed by atoms with van der Waals surface area (Å²) in [5.41, 5.74) is 5.47. The Morgan fingerprint density at radius 2 is 2.36 bits per heavy atom. The minimum absolute atomic E-state index is 0.438. The van der Waals surface area contributed by atoms with Gasteiger partial charge in [0.15, 0.2) is 0 Å². The summed E-state index contributed by atoms with van der Waals surface area (Å²) in [6, 6.07) is 0. The summed E-state index contributed by atoms with van der Waals surface area (Å²) < 4.78 is 1.94. The van der Waals surface area contributed by atoms with Gasteiger partial charge in [0.05, 0.1) is 0 Å². The van der Waals surface area contributed by atoms with Crippen LogP contribution in [0.5, 0.6) is 0 Å². The fourth-order valence-electron chi connectivity index (χ4n) is 1.19. The van der Waals surface area contributed by atoms with Crippen molar-refractivity contribution in [2.45, 2.75) is 19.9 Å². The fourth-order valence-corrected chi connectivity index (χ4v) is 1.92. The molecule has 0 bridgehead atoms. The molecule has 74 valence electrons. The molecule has 5 nitrogen and oxygen atoms in total. The van der Waals surface area contributed by atoms with Crippen molar-refractivity contribution in [2.75, 3.05) is 0 Å². The summed E-state index contributed by atoms with van der Waals surface area (Å²) in [5, 5.41) is 9.69. The van der Waals surface area contributed by atoms with E-state index in [0.29, 0.717) is 6.54 Å². The van der Waals surface area contributed by atoms with Crippen molar-refractivity contribution in [1.82, 2.24) is 19.7 Å². The van der Waals surface area contributed by atoms with Crippen LogP contribution in [0, 0.1) is 0 Å². The molecule has 0 unspecified atom stereocenters. The van der Waals surface area contributed by atoms with Crippen LogP contribution in [0.3, 0.4) is 0 Å². The molecule has 0 atom stereocenters. The van der Waals surface area contributed by atoms with Crippen LogP contribution in [-0.4, -0.2) is 19.7 Å². The maximum Gasteiger partial charge on any atom is 0.217 e. The third kappa shape index (κ3) is 1.53. The van der Waals surface area contributed by atoms with Gasteiger partial charge in [0.1, 0.15) is 10.8 Å². The largest absolute Gasteiger partial charge is 0.324 e. The van der Waals surface area contributed by atoms with Crippen LogP contribution in [0.1, 0.15) is 17.8 Å². The summed E-state index contributed by atoms with van der Waals surface area (Å²) in [6.07, 6.45) is 4.53. The molecule has 0 saturated carbocycles. The lowest BCUT2D eigenvalue weighted by atomic mass is 10.5. The van der Waals surface area contributed by atoms with Crippen molar-refractivity contribution in [3.05, 3.63) is 23.2 Å². The van der Waals surface area contributed by atoms with Gasteiger partial charge in [0.25, 0.3) is 0 Å². The van der Waals surface area contributed by atoms with Crippen molar-refractivity contribution in [3.63, 3.8) is 0 Å². The lowest BCUT2D eigenvalue weighted by molar-refractivity contribution is 0.857. The Labute approximate surface area is 85.6 Å². The zero-order valence-electron chi connectivity index (χ0n) is 7.84. The maximum absolute atomic E-state index is 5.47. The monoisotopic (exact) mass is 209 g/mol. The third-order valence-corrected chi connectivity index (χ3v) is 2.82. The van der Waals surface area contributed by atoms with Crippen LogP contribution in [-0.2, 0) is 13.0 Å². The zero-order valence-corrected chi connectivity index (χ0v) is 8.66. The number of nitrogens with two attached hydrogens (primary N) is 1. The van der Waals surface area contributed by atoms with Crippen molar-refractivity contribution in [1.29, 1.82) is 0 Å². The van der Waals surface area contributed by atoms with E-state index in [0.717, 1.165) is 22.4 Å². The minimum Gasteiger partial charge on any atom is -0.324 e. The smallest absolute Gasteiger partial charge is 0.217 e. The highest BCUT2D eigenvalue weighted by Crippen LogP contribution is 2.15. The molecule has 0 fully saturated rings. The van der Waals surface area contributed by atoms with Crippen LogP contribution in [0.4, 0.5) is 0 Å². The Hall–Kier alpha value is -1.27. The molecule has 2 heterocycles. The predicted octanol–water partition coefficient (Wildman–Crippen LogP) is 0.745. The number of rotatable bonds is 3. The van der Waals surface area contributed by atoms with Gasteiger partial charge in [-0.1, -0.05) is 18.3 Å². The number of aryl methyl sites for hydroxylation is 1. The molecule has 0 aromatic carbocycles. The molecule has 2 N–H and O–H groups in total. The Morgan fingerprint density at radius 3 is 3.00 bits per heavy atom. The molecular weight excluding hydrogens is 198 g/mol. The van der Waals surface area contributed by atoms with Gasteiger partial charge in [0.2, 0.25) is 5.13 Å². The van der Waals surface area contributed by atoms with E-state index in [1.165, 1.54) is 11.3 Å². The average Bonchev–Trinajstić information content (AvgIpc) is 2.85. The lowest BCUT2D eigenvalue weighted by Gasteiger charge is -1.98. The van der Waals surface area contributed by atoms with Gasteiger partial charge < -0.3 is 5.73 Å². The molecule has 0 aliphatic carbocycles. The van der Waals surface area contributed by atoms with Gasteiger partial charge in [-0.05, 0) is 0 Å². The second kappa shape index (κ2) is 3.85. The first-order valence-corrected chi connectivity index (χ1v) is 5.21. The Bertz CT molecular complexity index is 419. The van der Waals surface area contributed by atoms with E-state index in [1.807, 2.05) is 10.8 Å². The van der Waals surface area contributed by atoms with Gasteiger partial charge in [-0.15, -0.1) is 10.2 Å². The van der Waals surface area contributed by atoms with Gasteiger partial charge in [-0.3, -0.25) is 4.57 Å². The quantitative estimate of drug-likeness (QED) is 0.809. The standard InChI is InChI=1S/C8H11N5S/c1-2-6-10-3-4-13(6)8-12-11-7(5-9)14-8/h3-4H,2,5,9H2,1H3. The van der Waals surface area contributed by atoms with E-state index in [-0.39, 0.29) is 0 Å². The summed E-state index contributed by atoms with van der Waals surface area (Å²) in [6.45, 7) is 2.50. The van der Waals surface area contributed by atoms with E-state index in [4.69, 9.17) is 5.73 Å². The summed E-state index contributed by atoms with van der Waals surface area (Å²) in [5.74, 6) is 0.990. The Morgan fingerprint density at radius 1 is 1.50 bits per heavy atom. The molecule has 6 heteroatoms. The van der Waals surface area contributed by atoms with Crippen molar-refractivity contribution >= 4 is 11.3 Å². The first kappa shape index (κ1) is 9.29. The molecular formula is C8H11N5S. The van der Waals surface area contributed by atoms with Crippen LogP contribution < -0.4 is 5.73 Å². The number of imidazole rings is 1. The van der Waals surface area contributed by atoms with E-state index in [1.54, 1.807) is 6.20 Å². The second-order valence-corrected chi connectivity index (χ2v) is 3.79. The number of nitrogens with zero attached hydrogens (tertiary/aromatic N) is 4. The first-order valence-electron chi connectivity index (χ1n) is 4.40. The van der Waals surface area contributed by atoms with Crippen LogP contribution in [0.15, 0.2) is 12.4 Å². The summed E-state index contributed by atoms with van der Waals surface area (Å²) >= 11 is 1.50. The number of hydrogen-bond acceptors (Lipinski definition) is 5. The van der Waals surface area contributed by atoms with E-state index >= 15 is 0 Å². The van der Waals surface area contributed by atoms with Gasteiger partial charge in [-0.25, -0.2) is 4.98 Å². The van der Waals surface area contributed by atoms with E-state index in [9.17, 15) is 0 Å². The van der Waals surface area contributed by atoms with Crippen molar-refractivity contribution in [2.24, 2.45) is 5.73 Å². The molecule has 2 aromatic rings. The van der Waals surface area contributed by atoms with Gasteiger partial charge >= 0.3 is 0 Å². The highest BCUT2D eigenvalue weighted by atomic mass is 32.1. The topological polar surface area (TPSA) is 69.6 Å². The minimum atomic E-state index is 0.438. The Balaban J connectivity index is 2.38. The number of aromatic nitrogens is 4.